The fourth-order valence-corrected chi connectivity index (χ4v) is 1.57. The molecule has 1 unspecified atom stereocenters. The van der Waals surface area contributed by atoms with Crippen molar-refractivity contribution in [3.05, 3.63) is 47.7 Å². The van der Waals surface area contributed by atoms with Crippen LogP contribution in [0.4, 0.5) is 0 Å². The van der Waals surface area contributed by atoms with Gasteiger partial charge in [0, 0.05) is 5.70 Å². The first kappa shape index (κ1) is 9.73. The van der Waals surface area contributed by atoms with Gasteiger partial charge in [-0.25, -0.2) is 10.8 Å². The summed E-state index contributed by atoms with van der Waals surface area (Å²) in [5.41, 5.74) is 4.74. The van der Waals surface area contributed by atoms with Crippen molar-refractivity contribution in [2.24, 2.45) is 10.8 Å². The number of aliphatic imine (C=N–C) groups is 1. The van der Waals surface area contributed by atoms with E-state index in [0.717, 1.165) is 11.3 Å². The van der Waals surface area contributed by atoms with Gasteiger partial charge in [-0.3, -0.25) is 5.43 Å². The Balaban J connectivity index is 2.29. The Bertz CT molecular complexity index is 394. The molecule has 2 rings (SSSR count). The van der Waals surface area contributed by atoms with Crippen LogP contribution < -0.4 is 16.6 Å². The quantitative estimate of drug-likeness (QED) is 0.471. The van der Waals surface area contributed by atoms with Gasteiger partial charge in [-0.1, -0.05) is 30.3 Å². The Kier molecular flexibility index (Phi) is 2.69. The van der Waals surface area contributed by atoms with Crippen LogP contribution in [0.1, 0.15) is 18.5 Å². The molecule has 1 aromatic rings. The van der Waals surface area contributed by atoms with Crippen molar-refractivity contribution < 1.29 is 0 Å². The van der Waals surface area contributed by atoms with Gasteiger partial charge in [0.05, 0.1) is 6.04 Å². The number of hydrogen-bond acceptors (Lipinski definition) is 4. The van der Waals surface area contributed by atoms with E-state index < -0.39 is 0 Å². The van der Waals surface area contributed by atoms with Crippen molar-refractivity contribution in [3.63, 3.8) is 0 Å². The summed E-state index contributed by atoms with van der Waals surface area (Å²) in [6.45, 7) is 1.99. The standard InChI is InChI=1S/C11H14N4/c1-8-7-10(14-11(13-8)15-12)9-5-3-2-4-6-9/h2-7,10H,12H2,1H3,(H2,13,14,15). The van der Waals surface area contributed by atoms with E-state index in [9.17, 15) is 0 Å². The second kappa shape index (κ2) is 4.14. The van der Waals surface area contributed by atoms with Crippen LogP contribution in [-0.4, -0.2) is 5.96 Å². The highest BCUT2D eigenvalue weighted by Crippen LogP contribution is 2.21. The first-order valence-electron chi connectivity index (χ1n) is 4.84. The maximum atomic E-state index is 5.34. The molecule has 0 aliphatic carbocycles. The first-order valence-corrected chi connectivity index (χ1v) is 4.84. The normalized spacial score (nSPS) is 20.0. The summed E-state index contributed by atoms with van der Waals surface area (Å²) in [7, 11) is 0. The van der Waals surface area contributed by atoms with Gasteiger partial charge in [-0.05, 0) is 18.6 Å². The van der Waals surface area contributed by atoms with Crippen molar-refractivity contribution in [1.29, 1.82) is 0 Å². The fraction of sp³-hybridized carbons (Fsp3) is 0.182. The number of nitrogens with one attached hydrogen (secondary N) is 2. The van der Waals surface area contributed by atoms with Crippen molar-refractivity contribution in [1.82, 2.24) is 10.7 Å². The molecule has 4 heteroatoms. The SMILES string of the molecule is CC1=CC(c2ccccc2)N=C(NN)N1. The molecule has 0 aromatic heterocycles. The largest absolute Gasteiger partial charge is 0.329 e. The number of rotatable bonds is 1. The van der Waals surface area contributed by atoms with E-state index in [4.69, 9.17) is 5.84 Å². The van der Waals surface area contributed by atoms with Gasteiger partial charge < -0.3 is 5.32 Å². The van der Waals surface area contributed by atoms with Crippen LogP contribution in [0.25, 0.3) is 0 Å². The highest BCUT2D eigenvalue weighted by Gasteiger charge is 2.13. The molecule has 78 valence electrons. The minimum absolute atomic E-state index is 0.0403. The van der Waals surface area contributed by atoms with Crippen molar-refractivity contribution in [3.8, 4) is 0 Å². The van der Waals surface area contributed by atoms with E-state index in [1.807, 2.05) is 25.1 Å². The molecule has 0 bridgehead atoms. The number of benzene rings is 1. The molecule has 0 amide bonds. The van der Waals surface area contributed by atoms with Crippen LogP contribution in [-0.2, 0) is 0 Å². The number of guanidine groups is 1. The summed E-state index contributed by atoms with van der Waals surface area (Å²) in [5.74, 6) is 5.94. The number of nitrogens with zero attached hydrogens (tertiary/aromatic N) is 1. The highest BCUT2D eigenvalue weighted by atomic mass is 15.3. The van der Waals surface area contributed by atoms with Crippen LogP contribution >= 0.6 is 0 Å². The molecular weight excluding hydrogens is 188 g/mol. The topological polar surface area (TPSA) is 62.4 Å². The lowest BCUT2D eigenvalue weighted by Crippen LogP contribution is -2.42. The molecule has 1 aliphatic heterocycles. The molecule has 0 saturated carbocycles. The predicted molar refractivity (Wildman–Crippen MR) is 60.8 cm³/mol. The Morgan fingerprint density at radius 3 is 2.73 bits per heavy atom. The zero-order valence-electron chi connectivity index (χ0n) is 8.57. The van der Waals surface area contributed by atoms with E-state index in [0.29, 0.717) is 5.96 Å². The summed E-state index contributed by atoms with van der Waals surface area (Å²) in [5, 5.41) is 3.04. The minimum Gasteiger partial charge on any atom is -0.329 e. The van der Waals surface area contributed by atoms with Crippen molar-refractivity contribution >= 4 is 5.96 Å². The lowest BCUT2D eigenvalue weighted by atomic mass is 10.1. The van der Waals surface area contributed by atoms with Crippen molar-refractivity contribution in [2.75, 3.05) is 0 Å². The molecule has 0 radical (unpaired) electrons. The molecule has 1 aromatic carbocycles. The van der Waals surface area contributed by atoms with E-state index in [1.165, 1.54) is 0 Å². The highest BCUT2D eigenvalue weighted by molar-refractivity contribution is 5.82. The summed E-state index contributed by atoms with van der Waals surface area (Å²) in [4.78, 5) is 4.41. The van der Waals surface area contributed by atoms with E-state index in [1.54, 1.807) is 0 Å². The van der Waals surface area contributed by atoms with Crippen molar-refractivity contribution in [2.45, 2.75) is 13.0 Å². The lowest BCUT2D eigenvalue weighted by molar-refractivity contribution is 0.800. The second-order valence-electron chi connectivity index (χ2n) is 3.45. The Morgan fingerprint density at radius 2 is 2.07 bits per heavy atom. The number of allylic oxidation sites excluding steroid dienone is 1. The lowest BCUT2D eigenvalue weighted by Gasteiger charge is -2.19. The summed E-state index contributed by atoms with van der Waals surface area (Å²) in [6, 6.07) is 10.2. The smallest absolute Gasteiger partial charge is 0.210 e. The molecule has 1 heterocycles. The average Bonchev–Trinajstić information content (AvgIpc) is 2.29. The molecule has 4 nitrogen and oxygen atoms in total. The summed E-state index contributed by atoms with van der Waals surface area (Å²) in [6.07, 6.45) is 2.07. The fourth-order valence-electron chi connectivity index (χ4n) is 1.57. The van der Waals surface area contributed by atoms with Gasteiger partial charge in [0.2, 0.25) is 5.96 Å². The number of hydrogen-bond donors (Lipinski definition) is 3. The zero-order chi connectivity index (χ0) is 10.7. The third-order valence-electron chi connectivity index (χ3n) is 2.27. The minimum atomic E-state index is 0.0403. The first-order chi connectivity index (χ1) is 7.29. The number of nitrogens with two attached hydrogens (primary N) is 1. The molecule has 0 saturated heterocycles. The molecule has 4 N–H and O–H groups in total. The molecule has 1 atom stereocenters. The molecule has 15 heavy (non-hydrogen) atoms. The van der Waals surface area contributed by atoms with Crippen LogP contribution in [0.15, 0.2) is 47.1 Å². The molecule has 0 fully saturated rings. The Hall–Kier alpha value is -1.81. The van der Waals surface area contributed by atoms with Crippen LogP contribution in [0.5, 0.6) is 0 Å². The Morgan fingerprint density at radius 1 is 1.33 bits per heavy atom. The number of hydrazine groups is 1. The summed E-state index contributed by atoms with van der Waals surface area (Å²) < 4.78 is 0. The van der Waals surface area contributed by atoms with E-state index in [-0.39, 0.29) is 6.04 Å². The van der Waals surface area contributed by atoms with Crippen LogP contribution in [0, 0.1) is 0 Å². The van der Waals surface area contributed by atoms with Crippen LogP contribution in [0.3, 0.4) is 0 Å². The predicted octanol–water partition coefficient (Wildman–Crippen LogP) is 1.05. The Labute approximate surface area is 88.9 Å². The zero-order valence-corrected chi connectivity index (χ0v) is 8.57. The van der Waals surface area contributed by atoms with Gasteiger partial charge in [-0.15, -0.1) is 0 Å². The third kappa shape index (κ3) is 2.16. The van der Waals surface area contributed by atoms with E-state index >= 15 is 0 Å². The third-order valence-corrected chi connectivity index (χ3v) is 2.27. The van der Waals surface area contributed by atoms with Gasteiger partial charge >= 0.3 is 0 Å². The molecule has 0 spiro atoms. The summed E-state index contributed by atoms with van der Waals surface area (Å²) >= 11 is 0. The van der Waals surface area contributed by atoms with E-state index in [2.05, 4.69) is 33.9 Å². The van der Waals surface area contributed by atoms with Gasteiger partial charge in [0.25, 0.3) is 0 Å². The monoisotopic (exact) mass is 202 g/mol. The van der Waals surface area contributed by atoms with Gasteiger partial charge in [0.1, 0.15) is 0 Å². The maximum Gasteiger partial charge on any atom is 0.210 e. The van der Waals surface area contributed by atoms with Gasteiger partial charge in [0.15, 0.2) is 0 Å². The molecule has 1 aliphatic rings. The van der Waals surface area contributed by atoms with Crippen LogP contribution in [0.2, 0.25) is 0 Å². The maximum absolute atomic E-state index is 5.34. The second-order valence-corrected chi connectivity index (χ2v) is 3.45. The van der Waals surface area contributed by atoms with Gasteiger partial charge in [-0.2, -0.15) is 0 Å². The average molecular weight is 202 g/mol. The molecular formula is C11H14N4.